The first kappa shape index (κ1) is 15.3. The summed E-state index contributed by atoms with van der Waals surface area (Å²) in [5, 5.41) is 4.31. The van der Waals surface area contributed by atoms with E-state index in [1.165, 1.54) is 0 Å². The second kappa shape index (κ2) is 5.87. The number of nitrogens with zero attached hydrogens (tertiary/aromatic N) is 3. The van der Waals surface area contributed by atoms with E-state index in [1.54, 1.807) is 4.68 Å². The van der Waals surface area contributed by atoms with Crippen molar-refractivity contribution in [2.75, 3.05) is 19.0 Å². The maximum Gasteiger partial charge on any atom is 0.269 e. The molecule has 6 heteroatoms. The highest BCUT2D eigenvalue weighted by Gasteiger charge is 2.29. The number of ketones is 1. The molecule has 2 N–H and O–H groups in total. The standard InChI is InChI=1S/C17H20N4O2/c1-20(2)12-8-6-11(7-9-12)10-21-13-4-3-5-14(22)15(13)16(19-21)17(18)23/h6-9H,3-5,10H2,1-2H3,(H2,18,23). The summed E-state index contributed by atoms with van der Waals surface area (Å²) < 4.78 is 1.75. The topological polar surface area (TPSA) is 81.2 Å². The van der Waals surface area contributed by atoms with Crippen LogP contribution < -0.4 is 10.6 Å². The molecule has 0 bridgehead atoms. The van der Waals surface area contributed by atoms with Crippen LogP contribution in [0.3, 0.4) is 0 Å². The molecular weight excluding hydrogens is 292 g/mol. The summed E-state index contributed by atoms with van der Waals surface area (Å²) in [5.41, 5.74) is 8.92. The fourth-order valence-corrected chi connectivity index (χ4v) is 2.96. The third-order valence-electron chi connectivity index (χ3n) is 4.17. The zero-order valence-corrected chi connectivity index (χ0v) is 13.4. The van der Waals surface area contributed by atoms with Crippen LogP contribution in [0, 0.1) is 0 Å². The number of rotatable bonds is 4. The third-order valence-corrected chi connectivity index (χ3v) is 4.17. The number of aromatic nitrogens is 2. The summed E-state index contributed by atoms with van der Waals surface area (Å²) in [6, 6.07) is 8.12. The van der Waals surface area contributed by atoms with Gasteiger partial charge in [-0.2, -0.15) is 5.10 Å². The molecule has 0 atom stereocenters. The first-order chi connectivity index (χ1) is 11.0. The largest absolute Gasteiger partial charge is 0.378 e. The Balaban J connectivity index is 1.95. The fourth-order valence-electron chi connectivity index (χ4n) is 2.96. The van der Waals surface area contributed by atoms with Gasteiger partial charge in [0.05, 0.1) is 17.8 Å². The van der Waals surface area contributed by atoms with Crippen LogP contribution in [0.2, 0.25) is 0 Å². The third kappa shape index (κ3) is 2.84. The van der Waals surface area contributed by atoms with Crippen molar-refractivity contribution in [3.05, 3.63) is 46.8 Å². The number of benzene rings is 1. The van der Waals surface area contributed by atoms with Crippen LogP contribution in [-0.4, -0.2) is 35.6 Å². The number of fused-ring (bicyclic) bond motifs is 1. The first-order valence-corrected chi connectivity index (χ1v) is 7.66. The van der Waals surface area contributed by atoms with E-state index in [-0.39, 0.29) is 11.5 Å². The van der Waals surface area contributed by atoms with Gasteiger partial charge >= 0.3 is 0 Å². The van der Waals surface area contributed by atoms with Gasteiger partial charge in [-0.1, -0.05) is 12.1 Å². The van der Waals surface area contributed by atoms with E-state index < -0.39 is 5.91 Å². The molecule has 0 unspecified atom stereocenters. The van der Waals surface area contributed by atoms with Gasteiger partial charge in [-0.3, -0.25) is 14.3 Å². The fraction of sp³-hybridized carbons (Fsp3) is 0.353. The molecule has 0 aliphatic heterocycles. The van der Waals surface area contributed by atoms with Gasteiger partial charge in [0, 0.05) is 26.2 Å². The molecule has 1 aromatic heterocycles. The van der Waals surface area contributed by atoms with E-state index in [0.29, 0.717) is 18.5 Å². The number of amides is 1. The van der Waals surface area contributed by atoms with Gasteiger partial charge in [0.2, 0.25) is 0 Å². The Morgan fingerprint density at radius 3 is 2.57 bits per heavy atom. The summed E-state index contributed by atoms with van der Waals surface area (Å²) in [7, 11) is 3.98. The first-order valence-electron chi connectivity index (χ1n) is 7.66. The maximum absolute atomic E-state index is 12.1. The number of primary amides is 1. The molecule has 6 nitrogen and oxygen atoms in total. The summed E-state index contributed by atoms with van der Waals surface area (Å²) in [6.45, 7) is 0.524. The molecule has 0 saturated carbocycles. The van der Waals surface area contributed by atoms with Crippen LogP contribution >= 0.6 is 0 Å². The Morgan fingerprint density at radius 2 is 1.96 bits per heavy atom. The molecule has 1 amide bonds. The summed E-state index contributed by atoms with van der Waals surface area (Å²) in [5.74, 6) is -0.674. The molecule has 0 spiro atoms. The Bertz CT molecular complexity index is 760. The summed E-state index contributed by atoms with van der Waals surface area (Å²) in [6.07, 6.45) is 1.99. The van der Waals surface area contributed by atoms with Crippen molar-refractivity contribution in [1.82, 2.24) is 9.78 Å². The van der Waals surface area contributed by atoms with Crippen molar-refractivity contribution in [3.63, 3.8) is 0 Å². The van der Waals surface area contributed by atoms with Crippen LogP contribution in [0.25, 0.3) is 0 Å². The lowest BCUT2D eigenvalue weighted by atomic mass is 9.94. The minimum Gasteiger partial charge on any atom is -0.378 e. The lowest BCUT2D eigenvalue weighted by Crippen LogP contribution is -2.18. The quantitative estimate of drug-likeness (QED) is 0.930. The van der Waals surface area contributed by atoms with Crippen molar-refractivity contribution in [2.45, 2.75) is 25.8 Å². The predicted molar refractivity (Wildman–Crippen MR) is 87.9 cm³/mol. The Morgan fingerprint density at radius 1 is 1.26 bits per heavy atom. The molecule has 1 heterocycles. The van der Waals surface area contributed by atoms with Crippen molar-refractivity contribution >= 4 is 17.4 Å². The average molecular weight is 312 g/mol. The average Bonchev–Trinajstić information content (AvgIpc) is 2.88. The van der Waals surface area contributed by atoms with E-state index in [0.717, 1.165) is 29.8 Å². The van der Waals surface area contributed by atoms with Gasteiger partial charge in [-0.25, -0.2) is 0 Å². The number of Topliss-reactive ketones (excluding diaryl/α,β-unsaturated/α-hetero) is 1. The van der Waals surface area contributed by atoms with Gasteiger partial charge in [0.25, 0.3) is 5.91 Å². The molecule has 1 aliphatic carbocycles. The highest BCUT2D eigenvalue weighted by molar-refractivity contribution is 6.07. The normalized spacial score (nSPS) is 13.7. The van der Waals surface area contributed by atoms with Gasteiger partial charge in [-0.15, -0.1) is 0 Å². The molecule has 1 aliphatic rings. The molecule has 1 aromatic carbocycles. The number of hydrogen-bond acceptors (Lipinski definition) is 4. The van der Waals surface area contributed by atoms with Gasteiger partial charge in [0.1, 0.15) is 0 Å². The lowest BCUT2D eigenvalue weighted by molar-refractivity contribution is 0.0948. The monoisotopic (exact) mass is 312 g/mol. The van der Waals surface area contributed by atoms with Crippen LogP contribution in [-0.2, 0) is 13.0 Å². The number of hydrogen-bond donors (Lipinski definition) is 1. The summed E-state index contributed by atoms with van der Waals surface area (Å²) >= 11 is 0. The van der Waals surface area contributed by atoms with E-state index in [9.17, 15) is 9.59 Å². The van der Waals surface area contributed by atoms with Crippen LogP contribution in [0.4, 0.5) is 5.69 Å². The lowest BCUT2D eigenvalue weighted by Gasteiger charge is -2.15. The number of carbonyl (C=O) groups excluding carboxylic acids is 2. The Hall–Kier alpha value is -2.63. The van der Waals surface area contributed by atoms with E-state index >= 15 is 0 Å². The molecule has 23 heavy (non-hydrogen) atoms. The van der Waals surface area contributed by atoms with Crippen LogP contribution in [0.15, 0.2) is 24.3 Å². The molecular formula is C17H20N4O2. The maximum atomic E-state index is 12.1. The van der Waals surface area contributed by atoms with Crippen LogP contribution in [0.1, 0.15) is 44.9 Å². The smallest absolute Gasteiger partial charge is 0.269 e. The Kier molecular flexibility index (Phi) is 3.90. The zero-order chi connectivity index (χ0) is 16.6. The molecule has 3 rings (SSSR count). The molecule has 0 radical (unpaired) electrons. The SMILES string of the molecule is CN(C)c1ccc(Cn2nc(C(N)=O)c3c2CCCC3=O)cc1. The Labute approximate surface area is 134 Å². The predicted octanol–water partition coefficient (Wildman–Crippen LogP) is 1.62. The van der Waals surface area contributed by atoms with Crippen molar-refractivity contribution in [2.24, 2.45) is 5.73 Å². The van der Waals surface area contributed by atoms with Crippen LogP contribution in [0.5, 0.6) is 0 Å². The second-order valence-electron chi connectivity index (χ2n) is 6.03. The van der Waals surface area contributed by atoms with Crippen molar-refractivity contribution < 1.29 is 9.59 Å². The molecule has 120 valence electrons. The van der Waals surface area contributed by atoms with E-state index in [4.69, 9.17) is 5.73 Å². The van der Waals surface area contributed by atoms with Gasteiger partial charge in [-0.05, 0) is 30.5 Å². The number of nitrogens with two attached hydrogens (primary N) is 1. The van der Waals surface area contributed by atoms with Crippen molar-refractivity contribution in [1.29, 1.82) is 0 Å². The molecule has 0 saturated heterocycles. The minimum atomic E-state index is -0.641. The summed E-state index contributed by atoms with van der Waals surface area (Å²) in [4.78, 5) is 25.8. The van der Waals surface area contributed by atoms with Gasteiger partial charge < -0.3 is 10.6 Å². The van der Waals surface area contributed by atoms with E-state index in [2.05, 4.69) is 5.10 Å². The van der Waals surface area contributed by atoms with Crippen molar-refractivity contribution in [3.8, 4) is 0 Å². The second-order valence-corrected chi connectivity index (χ2v) is 6.03. The molecule has 0 fully saturated rings. The zero-order valence-electron chi connectivity index (χ0n) is 13.4. The highest BCUT2D eigenvalue weighted by atomic mass is 16.1. The number of anilines is 1. The number of carbonyl (C=O) groups is 2. The highest BCUT2D eigenvalue weighted by Crippen LogP contribution is 2.25. The van der Waals surface area contributed by atoms with Gasteiger partial charge in [0.15, 0.2) is 11.5 Å². The minimum absolute atomic E-state index is 0.0331. The molecule has 2 aromatic rings. The van der Waals surface area contributed by atoms with E-state index in [1.807, 2.05) is 43.3 Å².